The standard InChI is InChI=1S/C13H20N2O/c1-13(16)10-15(8-7-12(13)14)9-11-5-3-2-4-6-11/h2-6,12,16H,7-10,14H2,1H3. The molecule has 0 spiro atoms. The second-order valence-corrected chi connectivity index (χ2v) is 4.95. The highest BCUT2D eigenvalue weighted by molar-refractivity contribution is 5.14. The third kappa shape index (κ3) is 2.61. The molecule has 3 heteroatoms. The minimum atomic E-state index is -0.757. The predicted molar refractivity (Wildman–Crippen MR) is 64.9 cm³/mol. The van der Waals surface area contributed by atoms with Crippen LogP contribution in [0.1, 0.15) is 18.9 Å². The topological polar surface area (TPSA) is 49.5 Å². The van der Waals surface area contributed by atoms with Crippen molar-refractivity contribution in [1.29, 1.82) is 0 Å². The first kappa shape index (κ1) is 11.6. The van der Waals surface area contributed by atoms with Crippen LogP contribution in [0.2, 0.25) is 0 Å². The summed E-state index contributed by atoms with van der Waals surface area (Å²) in [5.41, 5.74) is 6.42. The number of nitrogens with two attached hydrogens (primary N) is 1. The Balaban J connectivity index is 1.97. The van der Waals surface area contributed by atoms with Gasteiger partial charge in [-0.3, -0.25) is 4.90 Å². The van der Waals surface area contributed by atoms with E-state index in [1.807, 2.05) is 25.1 Å². The summed E-state index contributed by atoms with van der Waals surface area (Å²) in [4.78, 5) is 2.26. The molecule has 1 fully saturated rings. The quantitative estimate of drug-likeness (QED) is 0.781. The second-order valence-electron chi connectivity index (χ2n) is 4.95. The molecule has 1 aromatic carbocycles. The van der Waals surface area contributed by atoms with E-state index in [2.05, 4.69) is 17.0 Å². The highest BCUT2D eigenvalue weighted by Crippen LogP contribution is 2.21. The van der Waals surface area contributed by atoms with Gasteiger partial charge in [0.05, 0.1) is 5.60 Å². The Morgan fingerprint density at radius 2 is 2.12 bits per heavy atom. The van der Waals surface area contributed by atoms with Gasteiger partial charge in [-0.15, -0.1) is 0 Å². The van der Waals surface area contributed by atoms with Crippen molar-refractivity contribution in [2.75, 3.05) is 13.1 Å². The minimum Gasteiger partial charge on any atom is -0.387 e. The third-order valence-electron chi connectivity index (χ3n) is 3.35. The largest absolute Gasteiger partial charge is 0.387 e. The molecule has 0 bridgehead atoms. The van der Waals surface area contributed by atoms with E-state index >= 15 is 0 Å². The molecule has 0 aliphatic carbocycles. The molecule has 16 heavy (non-hydrogen) atoms. The first-order valence-corrected chi connectivity index (χ1v) is 5.82. The lowest BCUT2D eigenvalue weighted by atomic mass is 9.90. The van der Waals surface area contributed by atoms with Crippen molar-refractivity contribution in [2.45, 2.75) is 31.5 Å². The highest BCUT2D eigenvalue weighted by Gasteiger charge is 2.35. The van der Waals surface area contributed by atoms with Crippen molar-refractivity contribution in [3.8, 4) is 0 Å². The smallest absolute Gasteiger partial charge is 0.0896 e. The van der Waals surface area contributed by atoms with Crippen molar-refractivity contribution in [2.24, 2.45) is 5.73 Å². The molecule has 2 unspecified atom stereocenters. The van der Waals surface area contributed by atoms with Crippen LogP contribution in [0.5, 0.6) is 0 Å². The van der Waals surface area contributed by atoms with E-state index in [9.17, 15) is 5.11 Å². The predicted octanol–water partition coefficient (Wildman–Crippen LogP) is 0.971. The molecule has 0 saturated carbocycles. The number of nitrogens with zero attached hydrogens (tertiary/aromatic N) is 1. The van der Waals surface area contributed by atoms with Gasteiger partial charge in [-0.2, -0.15) is 0 Å². The van der Waals surface area contributed by atoms with E-state index in [-0.39, 0.29) is 6.04 Å². The summed E-state index contributed by atoms with van der Waals surface area (Å²) < 4.78 is 0. The van der Waals surface area contributed by atoms with Crippen LogP contribution in [0.15, 0.2) is 30.3 Å². The van der Waals surface area contributed by atoms with Gasteiger partial charge in [-0.25, -0.2) is 0 Å². The Hall–Kier alpha value is -0.900. The van der Waals surface area contributed by atoms with Crippen molar-refractivity contribution in [3.63, 3.8) is 0 Å². The fourth-order valence-corrected chi connectivity index (χ4v) is 2.26. The van der Waals surface area contributed by atoms with Crippen molar-refractivity contribution < 1.29 is 5.11 Å². The van der Waals surface area contributed by atoms with E-state index in [1.165, 1.54) is 5.56 Å². The van der Waals surface area contributed by atoms with Gasteiger partial charge in [0.25, 0.3) is 0 Å². The van der Waals surface area contributed by atoms with Crippen LogP contribution in [-0.4, -0.2) is 34.7 Å². The molecular weight excluding hydrogens is 200 g/mol. The molecule has 2 rings (SSSR count). The normalized spacial score (nSPS) is 31.6. The van der Waals surface area contributed by atoms with Crippen LogP contribution >= 0.6 is 0 Å². The zero-order valence-electron chi connectivity index (χ0n) is 9.76. The fraction of sp³-hybridized carbons (Fsp3) is 0.538. The number of hydrogen-bond acceptors (Lipinski definition) is 3. The summed E-state index contributed by atoms with van der Waals surface area (Å²) in [5, 5.41) is 10.1. The maximum absolute atomic E-state index is 10.1. The fourth-order valence-electron chi connectivity index (χ4n) is 2.26. The molecule has 0 radical (unpaired) electrons. The molecular formula is C13H20N2O. The average molecular weight is 220 g/mol. The van der Waals surface area contributed by atoms with Gasteiger partial charge in [0.2, 0.25) is 0 Å². The van der Waals surface area contributed by atoms with E-state index in [1.54, 1.807) is 0 Å². The van der Waals surface area contributed by atoms with Crippen LogP contribution in [-0.2, 0) is 6.54 Å². The zero-order chi connectivity index (χ0) is 11.6. The van der Waals surface area contributed by atoms with Crippen LogP contribution in [0.25, 0.3) is 0 Å². The maximum atomic E-state index is 10.1. The van der Waals surface area contributed by atoms with Crippen LogP contribution in [0, 0.1) is 0 Å². The molecule has 3 nitrogen and oxygen atoms in total. The Labute approximate surface area is 96.9 Å². The number of piperidine rings is 1. The Bertz CT molecular complexity index is 337. The Kier molecular flexibility index (Phi) is 3.28. The van der Waals surface area contributed by atoms with Crippen molar-refractivity contribution in [3.05, 3.63) is 35.9 Å². The van der Waals surface area contributed by atoms with Crippen molar-refractivity contribution in [1.82, 2.24) is 4.90 Å². The molecule has 0 amide bonds. The molecule has 2 atom stereocenters. The first-order chi connectivity index (χ1) is 7.58. The van der Waals surface area contributed by atoms with Gasteiger partial charge < -0.3 is 10.8 Å². The van der Waals surface area contributed by atoms with Crippen molar-refractivity contribution >= 4 is 0 Å². The lowest BCUT2D eigenvalue weighted by Crippen LogP contribution is -2.58. The molecule has 3 N–H and O–H groups in total. The van der Waals surface area contributed by atoms with E-state index < -0.39 is 5.60 Å². The molecule has 1 saturated heterocycles. The van der Waals surface area contributed by atoms with Gasteiger partial charge in [-0.1, -0.05) is 30.3 Å². The van der Waals surface area contributed by atoms with Gasteiger partial charge in [-0.05, 0) is 18.9 Å². The van der Waals surface area contributed by atoms with E-state index in [0.717, 1.165) is 19.5 Å². The number of rotatable bonds is 2. The van der Waals surface area contributed by atoms with Crippen LogP contribution in [0.4, 0.5) is 0 Å². The van der Waals surface area contributed by atoms with E-state index in [4.69, 9.17) is 5.73 Å². The molecule has 88 valence electrons. The highest BCUT2D eigenvalue weighted by atomic mass is 16.3. The molecule has 1 heterocycles. The van der Waals surface area contributed by atoms with Gasteiger partial charge in [0, 0.05) is 25.7 Å². The molecule has 1 aliphatic heterocycles. The lowest BCUT2D eigenvalue weighted by Gasteiger charge is -2.41. The number of likely N-dealkylation sites (tertiary alicyclic amines) is 1. The Morgan fingerprint density at radius 1 is 1.44 bits per heavy atom. The summed E-state index contributed by atoms with van der Waals surface area (Å²) in [7, 11) is 0. The second kappa shape index (κ2) is 4.53. The SMILES string of the molecule is CC1(O)CN(Cc2ccccc2)CCC1N. The summed E-state index contributed by atoms with van der Waals surface area (Å²) in [6.45, 7) is 4.34. The third-order valence-corrected chi connectivity index (χ3v) is 3.35. The lowest BCUT2D eigenvalue weighted by molar-refractivity contribution is -0.0343. The zero-order valence-corrected chi connectivity index (χ0v) is 9.76. The summed E-state index contributed by atoms with van der Waals surface area (Å²) in [6, 6.07) is 10.2. The minimum absolute atomic E-state index is 0.0977. The maximum Gasteiger partial charge on any atom is 0.0896 e. The summed E-state index contributed by atoms with van der Waals surface area (Å²) in [6.07, 6.45) is 0.861. The first-order valence-electron chi connectivity index (χ1n) is 5.82. The number of aliphatic hydroxyl groups is 1. The van der Waals surface area contributed by atoms with Crippen LogP contribution < -0.4 is 5.73 Å². The van der Waals surface area contributed by atoms with Gasteiger partial charge >= 0.3 is 0 Å². The van der Waals surface area contributed by atoms with Crippen LogP contribution in [0.3, 0.4) is 0 Å². The number of hydrogen-bond donors (Lipinski definition) is 2. The van der Waals surface area contributed by atoms with Gasteiger partial charge in [0.15, 0.2) is 0 Å². The Morgan fingerprint density at radius 3 is 2.75 bits per heavy atom. The summed E-state index contributed by atoms with van der Waals surface area (Å²) >= 11 is 0. The molecule has 1 aliphatic rings. The van der Waals surface area contributed by atoms with E-state index in [0.29, 0.717) is 6.54 Å². The van der Waals surface area contributed by atoms with Gasteiger partial charge in [0.1, 0.15) is 0 Å². The molecule has 1 aromatic rings. The number of β-amino-alcohol motifs (C(OH)–C–C–N with tert-alkyl or cyclic N) is 1. The number of benzene rings is 1. The average Bonchev–Trinajstić information content (AvgIpc) is 2.25. The molecule has 0 aromatic heterocycles. The summed E-state index contributed by atoms with van der Waals surface area (Å²) in [5.74, 6) is 0. The monoisotopic (exact) mass is 220 g/mol.